The highest BCUT2D eigenvalue weighted by Gasteiger charge is 2.27. The molecular formula is C29H32N6O4. The van der Waals surface area contributed by atoms with Gasteiger partial charge in [-0.1, -0.05) is 25.1 Å². The number of fused-ring (bicyclic) bond motifs is 1. The van der Waals surface area contributed by atoms with Gasteiger partial charge in [-0.25, -0.2) is 4.68 Å². The third-order valence-corrected chi connectivity index (χ3v) is 6.71. The van der Waals surface area contributed by atoms with E-state index in [0.717, 1.165) is 33.7 Å². The number of rotatable bonds is 12. The molecule has 0 aliphatic carbocycles. The Morgan fingerprint density at radius 2 is 1.90 bits per heavy atom. The number of aromatic amines is 1. The number of furan rings is 1. The molecule has 0 amide bonds. The monoisotopic (exact) mass is 528 g/mol. The summed E-state index contributed by atoms with van der Waals surface area (Å²) in [4.78, 5) is 18.5. The van der Waals surface area contributed by atoms with Crippen LogP contribution < -0.4 is 15.0 Å². The van der Waals surface area contributed by atoms with Crippen LogP contribution in [-0.4, -0.2) is 43.8 Å². The van der Waals surface area contributed by atoms with E-state index >= 15 is 0 Å². The maximum atomic E-state index is 13.2. The van der Waals surface area contributed by atoms with E-state index in [9.17, 15) is 4.79 Å². The summed E-state index contributed by atoms with van der Waals surface area (Å²) in [5.74, 6) is 2.99. The number of methoxy groups -OCH3 is 1. The Balaban J connectivity index is 1.54. The van der Waals surface area contributed by atoms with E-state index in [2.05, 4.69) is 32.3 Å². The molecule has 10 heteroatoms. The standard InChI is InChI=1S/C29H32N6O4/c1-4-26(28-31-32-33-35(28)19-24-10-8-14-39-24)34(17-20-9-6-7-11-27(20)37-3)18-22-15-21-16-23(38-5-2)12-13-25(21)30-29(22)36/h6-16,26H,4-5,17-19H2,1-3H3,(H,30,36)/t26-/m1/s1. The average Bonchev–Trinajstić information content (AvgIpc) is 3.63. The zero-order valence-electron chi connectivity index (χ0n) is 22.3. The molecule has 39 heavy (non-hydrogen) atoms. The molecule has 0 aliphatic rings. The van der Waals surface area contributed by atoms with Gasteiger partial charge >= 0.3 is 0 Å². The number of aromatic nitrogens is 5. The van der Waals surface area contributed by atoms with E-state index in [4.69, 9.17) is 13.9 Å². The first kappa shape index (κ1) is 26.2. The van der Waals surface area contributed by atoms with E-state index < -0.39 is 0 Å². The smallest absolute Gasteiger partial charge is 0.252 e. The minimum atomic E-state index is -0.190. The quantitative estimate of drug-likeness (QED) is 0.248. The van der Waals surface area contributed by atoms with Gasteiger partial charge in [0.05, 0.1) is 26.0 Å². The molecule has 1 atom stereocenters. The molecule has 5 rings (SSSR count). The molecule has 2 aromatic carbocycles. The molecule has 10 nitrogen and oxygen atoms in total. The molecule has 3 aromatic heterocycles. The van der Waals surface area contributed by atoms with Gasteiger partial charge < -0.3 is 18.9 Å². The van der Waals surface area contributed by atoms with Crippen molar-refractivity contribution in [3.63, 3.8) is 0 Å². The van der Waals surface area contributed by atoms with Crippen molar-refractivity contribution in [1.29, 1.82) is 0 Å². The van der Waals surface area contributed by atoms with Crippen LogP contribution in [0.15, 0.2) is 76.1 Å². The number of H-pyrrole nitrogens is 1. The number of nitrogens with one attached hydrogen (secondary N) is 1. The third kappa shape index (κ3) is 5.85. The van der Waals surface area contributed by atoms with E-state index in [1.54, 1.807) is 18.1 Å². The molecule has 3 heterocycles. The summed E-state index contributed by atoms with van der Waals surface area (Å²) in [6, 6.07) is 19.1. The van der Waals surface area contributed by atoms with Crippen LogP contribution in [0.5, 0.6) is 11.5 Å². The van der Waals surface area contributed by atoms with Gasteiger partial charge in [0.25, 0.3) is 5.56 Å². The Hall–Kier alpha value is -4.44. The van der Waals surface area contributed by atoms with Crippen molar-refractivity contribution in [3.8, 4) is 11.5 Å². The summed E-state index contributed by atoms with van der Waals surface area (Å²) in [7, 11) is 1.66. The number of tetrazole rings is 1. The lowest BCUT2D eigenvalue weighted by molar-refractivity contribution is 0.159. The average molecular weight is 529 g/mol. The molecular weight excluding hydrogens is 496 g/mol. The van der Waals surface area contributed by atoms with Crippen LogP contribution in [0, 0.1) is 0 Å². The SMILES string of the molecule is CCOc1ccc2[nH]c(=O)c(CN(Cc3ccccc3OC)[C@H](CC)c3nnnn3Cc3ccco3)cc2c1. The maximum Gasteiger partial charge on any atom is 0.252 e. The number of hydrogen-bond donors (Lipinski definition) is 1. The van der Waals surface area contributed by atoms with E-state index in [0.29, 0.717) is 44.0 Å². The summed E-state index contributed by atoms with van der Waals surface area (Å²) in [6.45, 7) is 5.90. The zero-order valence-corrected chi connectivity index (χ0v) is 22.3. The molecule has 1 N–H and O–H groups in total. The van der Waals surface area contributed by atoms with Crippen LogP contribution in [0.4, 0.5) is 0 Å². The summed E-state index contributed by atoms with van der Waals surface area (Å²) < 4.78 is 18.6. The van der Waals surface area contributed by atoms with Gasteiger partial charge in [-0.05, 0) is 66.2 Å². The van der Waals surface area contributed by atoms with Crippen LogP contribution in [0.3, 0.4) is 0 Å². The van der Waals surface area contributed by atoms with Crippen LogP contribution in [-0.2, 0) is 19.6 Å². The molecule has 0 bridgehead atoms. The van der Waals surface area contributed by atoms with Crippen molar-refractivity contribution in [2.45, 2.75) is 45.9 Å². The molecule has 0 saturated heterocycles. The lowest BCUT2D eigenvalue weighted by Gasteiger charge is -2.30. The van der Waals surface area contributed by atoms with E-state index in [1.807, 2.05) is 67.6 Å². The van der Waals surface area contributed by atoms with Crippen molar-refractivity contribution in [2.75, 3.05) is 13.7 Å². The van der Waals surface area contributed by atoms with Crippen LogP contribution in [0.25, 0.3) is 10.9 Å². The molecule has 0 saturated carbocycles. The van der Waals surface area contributed by atoms with Gasteiger partial charge in [-0.15, -0.1) is 5.10 Å². The second-order valence-electron chi connectivity index (χ2n) is 9.22. The minimum absolute atomic E-state index is 0.137. The normalized spacial score (nSPS) is 12.2. The summed E-state index contributed by atoms with van der Waals surface area (Å²) >= 11 is 0. The van der Waals surface area contributed by atoms with Gasteiger partial charge in [0, 0.05) is 35.1 Å². The van der Waals surface area contributed by atoms with Gasteiger partial charge in [0.1, 0.15) is 23.8 Å². The lowest BCUT2D eigenvalue weighted by atomic mass is 10.1. The number of hydrogen-bond acceptors (Lipinski definition) is 8. The van der Waals surface area contributed by atoms with Gasteiger partial charge in [-0.3, -0.25) is 9.69 Å². The first-order chi connectivity index (χ1) is 19.1. The highest BCUT2D eigenvalue weighted by atomic mass is 16.5. The fourth-order valence-electron chi connectivity index (χ4n) is 4.87. The number of para-hydroxylation sites is 1. The van der Waals surface area contributed by atoms with E-state index in [1.165, 1.54) is 0 Å². The molecule has 202 valence electrons. The predicted molar refractivity (Wildman–Crippen MR) is 147 cm³/mol. The Labute approximate surface area is 226 Å². The maximum absolute atomic E-state index is 13.2. The Kier molecular flexibility index (Phi) is 8.02. The highest BCUT2D eigenvalue weighted by molar-refractivity contribution is 5.80. The molecule has 0 unspecified atom stereocenters. The Morgan fingerprint density at radius 1 is 1.05 bits per heavy atom. The molecule has 0 spiro atoms. The second-order valence-corrected chi connectivity index (χ2v) is 9.22. The third-order valence-electron chi connectivity index (χ3n) is 6.71. The van der Waals surface area contributed by atoms with Crippen molar-refractivity contribution in [1.82, 2.24) is 30.1 Å². The van der Waals surface area contributed by atoms with Crippen LogP contribution in [0.1, 0.15) is 49.0 Å². The van der Waals surface area contributed by atoms with E-state index in [-0.39, 0.29) is 11.6 Å². The highest BCUT2D eigenvalue weighted by Crippen LogP contribution is 2.30. The molecule has 0 fully saturated rings. The number of ether oxygens (including phenoxy) is 2. The van der Waals surface area contributed by atoms with Crippen molar-refractivity contribution < 1.29 is 13.9 Å². The van der Waals surface area contributed by atoms with Gasteiger partial charge in [-0.2, -0.15) is 0 Å². The van der Waals surface area contributed by atoms with Gasteiger partial charge in [0.15, 0.2) is 5.82 Å². The van der Waals surface area contributed by atoms with Crippen molar-refractivity contribution in [3.05, 3.63) is 100.0 Å². The minimum Gasteiger partial charge on any atom is -0.496 e. The summed E-state index contributed by atoms with van der Waals surface area (Å²) in [5, 5.41) is 13.5. The topological polar surface area (TPSA) is 111 Å². The fourth-order valence-corrected chi connectivity index (χ4v) is 4.87. The van der Waals surface area contributed by atoms with Crippen LogP contribution >= 0.6 is 0 Å². The van der Waals surface area contributed by atoms with Crippen LogP contribution in [0.2, 0.25) is 0 Å². The Bertz CT molecular complexity index is 1580. The molecule has 0 radical (unpaired) electrons. The molecule has 0 aliphatic heterocycles. The first-order valence-electron chi connectivity index (χ1n) is 13.0. The zero-order chi connectivity index (χ0) is 27.2. The van der Waals surface area contributed by atoms with Crippen molar-refractivity contribution in [2.24, 2.45) is 0 Å². The summed E-state index contributed by atoms with van der Waals surface area (Å²) in [6.07, 6.45) is 2.35. The number of benzene rings is 2. The Morgan fingerprint density at radius 3 is 2.67 bits per heavy atom. The second kappa shape index (κ2) is 12.0. The number of pyridine rings is 1. The first-order valence-corrected chi connectivity index (χ1v) is 13.0. The van der Waals surface area contributed by atoms with Crippen molar-refractivity contribution >= 4 is 10.9 Å². The molecule has 5 aromatic rings. The number of nitrogens with zero attached hydrogens (tertiary/aromatic N) is 5. The van der Waals surface area contributed by atoms with Gasteiger partial charge in [0.2, 0.25) is 0 Å². The summed E-state index contributed by atoms with van der Waals surface area (Å²) in [5.41, 5.74) is 2.26. The lowest BCUT2D eigenvalue weighted by Crippen LogP contribution is -2.32. The fraction of sp³-hybridized carbons (Fsp3) is 0.310. The largest absolute Gasteiger partial charge is 0.496 e. The predicted octanol–water partition coefficient (Wildman–Crippen LogP) is 4.72.